The molecule has 3 aromatic rings. The van der Waals surface area contributed by atoms with Crippen molar-refractivity contribution >= 4 is 49.1 Å². The molecule has 0 saturated carbocycles. The lowest BCUT2D eigenvalue weighted by molar-refractivity contribution is -0.118. The SMILES string of the molecule is Cc1cc(Br)ccc1NCc1ccc(OCC(=O)Nc2ccccc2)c(Br)c1. The van der Waals surface area contributed by atoms with Crippen molar-refractivity contribution in [3.8, 4) is 5.75 Å². The highest BCUT2D eigenvalue weighted by Crippen LogP contribution is 2.27. The van der Waals surface area contributed by atoms with Gasteiger partial charge >= 0.3 is 0 Å². The van der Waals surface area contributed by atoms with E-state index in [1.54, 1.807) is 0 Å². The Morgan fingerprint density at radius 2 is 1.79 bits per heavy atom. The van der Waals surface area contributed by atoms with E-state index in [4.69, 9.17) is 4.74 Å². The Morgan fingerprint density at radius 1 is 1.00 bits per heavy atom. The van der Waals surface area contributed by atoms with Crippen LogP contribution in [0.25, 0.3) is 0 Å². The van der Waals surface area contributed by atoms with Crippen molar-refractivity contribution in [2.45, 2.75) is 13.5 Å². The molecule has 0 aliphatic heterocycles. The van der Waals surface area contributed by atoms with Gasteiger partial charge in [0, 0.05) is 22.4 Å². The van der Waals surface area contributed by atoms with Gasteiger partial charge in [0.1, 0.15) is 5.75 Å². The van der Waals surface area contributed by atoms with Gasteiger partial charge in [0.25, 0.3) is 5.91 Å². The van der Waals surface area contributed by atoms with Gasteiger partial charge in [0.2, 0.25) is 0 Å². The summed E-state index contributed by atoms with van der Waals surface area (Å²) in [5.41, 5.74) is 4.13. The standard InChI is InChI=1S/C22H20Br2N2O2/c1-15-11-17(23)8-9-20(15)25-13-16-7-10-21(19(24)12-16)28-14-22(27)26-18-5-3-2-4-6-18/h2-12,25H,13-14H2,1H3,(H,26,27). The van der Waals surface area contributed by atoms with E-state index in [0.29, 0.717) is 12.3 Å². The van der Waals surface area contributed by atoms with Crippen LogP contribution < -0.4 is 15.4 Å². The van der Waals surface area contributed by atoms with Crippen molar-refractivity contribution < 1.29 is 9.53 Å². The Kier molecular flexibility index (Phi) is 7.12. The van der Waals surface area contributed by atoms with E-state index in [2.05, 4.69) is 61.5 Å². The lowest BCUT2D eigenvalue weighted by Gasteiger charge is -2.12. The average Bonchev–Trinajstić information content (AvgIpc) is 2.67. The Balaban J connectivity index is 1.54. The van der Waals surface area contributed by atoms with Crippen LogP contribution in [0.4, 0.5) is 11.4 Å². The molecule has 28 heavy (non-hydrogen) atoms. The van der Waals surface area contributed by atoms with Gasteiger partial charge in [-0.3, -0.25) is 4.79 Å². The normalized spacial score (nSPS) is 10.4. The fourth-order valence-electron chi connectivity index (χ4n) is 2.66. The van der Waals surface area contributed by atoms with Gasteiger partial charge in [0.05, 0.1) is 4.47 Å². The first kappa shape index (κ1) is 20.4. The molecule has 144 valence electrons. The minimum absolute atomic E-state index is 0.0524. The van der Waals surface area contributed by atoms with Gasteiger partial charge in [-0.2, -0.15) is 0 Å². The highest BCUT2D eigenvalue weighted by molar-refractivity contribution is 9.10. The van der Waals surface area contributed by atoms with Gasteiger partial charge in [-0.15, -0.1) is 0 Å². The number of anilines is 2. The summed E-state index contributed by atoms with van der Waals surface area (Å²) in [5.74, 6) is 0.432. The number of benzene rings is 3. The quantitative estimate of drug-likeness (QED) is 0.406. The number of carbonyl (C=O) groups is 1. The number of hydrogen-bond acceptors (Lipinski definition) is 3. The number of aryl methyl sites for hydroxylation is 1. The van der Waals surface area contributed by atoms with Gasteiger partial charge in [-0.25, -0.2) is 0 Å². The first-order valence-corrected chi connectivity index (χ1v) is 10.4. The summed E-state index contributed by atoms with van der Waals surface area (Å²) < 4.78 is 7.51. The summed E-state index contributed by atoms with van der Waals surface area (Å²) in [6, 6.07) is 21.3. The third-order valence-corrected chi connectivity index (χ3v) is 5.20. The number of carbonyl (C=O) groups excluding carboxylic acids is 1. The Bertz CT molecular complexity index is 962. The fourth-order valence-corrected chi connectivity index (χ4v) is 3.67. The molecule has 0 radical (unpaired) electrons. The number of para-hydroxylation sites is 1. The minimum atomic E-state index is -0.199. The maximum absolute atomic E-state index is 12.0. The first-order valence-electron chi connectivity index (χ1n) is 8.77. The molecule has 3 rings (SSSR count). The van der Waals surface area contributed by atoms with E-state index in [-0.39, 0.29) is 12.5 Å². The highest BCUT2D eigenvalue weighted by Gasteiger charge is 2.07. The topological polar surface area (TPSA) is 50.4 Å². The minimum Gasteiger partial charge on any atom is -0.483 e. The summed E-state index contributed by atoms with van der Waals surface area (Å²) in [5, 5.41) is 6.23. The van der Waals surface area contributed by atoms with Crippen LogP contribution in [-0.4, -0.2) is 12.5 Å². The van der Waals surface area contributed by atoms with Crippen LogP contribution in [-0.2, 0) is 11.3 Å². The lowest BCUT2D eigenvalue weighted by atomic mass is 10.1. The molecular formula is C22H20Br2N2O2. The maximum atomic E-state index is 12.0. The summed E-state index contributed by atoms with van der Waals surface area (Å²) >= 11 is 7.00. The summed E-state index contributed by atoms with van der Waals surface area (Å²) in [4.78, 5) is 12.0. The average molecular weight is 504 g/mol. The molecule has 0 heterocycles. The van der Waals surface area contributed by atoms with Crippen molar-refractivity contribution in [3.63, 3.8) is 0 Å². The predicted octanol–water partition coefficient (Wildman–Crippen LogP) is 6.15. The number of amides is 1. The Labute approximate surface area is 181 Å². The molecule has 4 nitrogen and oxygen atoms in total. The number of hydrogen-bond donors (Lipinski definition) is 2. The molecule has 1 amide bonds. The molecule has 3 aromatic carbocycles. The van der Waals surface area contributed by atoms with Crippen molar-refractivity contribution in [2.24, 2.45) is 0 Å². The van der Waals surface area contributed by atoms with Crippen LogP contribution in [0.5, 0.6) is 5.75 Å². The van der Waals surface area contributed by atoms with Crippen molar-refractivity contribution in [1.29, 1.82) is 0 Å². The van der Waals surface area contributed by atoms with Crippen LogP contribution in [0.3, 0.4) is 0 Å². The van der Waals surface area contributed by atoms with Gasteiger partial charge in [-0.05, 0) is 76.4 Å². The molecule has 2 N–H and O–H groups in total. The second-order valence-electron chi connectivity index (χ2n) is 6.28. The van der Waals surface area contributed by atoms with Crippen molar-refractivity contribution in [1.82, 2.24) is 0 Å². The summed E-state index contributed by atoms with van der Waals surface area (Å²) in [7, 11) is 0. The summed E-state index contributed by atoms with van der Waals surface area (Å²) in [6.45, 7) is 2.71. The smallest absolute Gasteiger partial charge is 0.262 e. The number of rotatable bonds is 7. The second-order valence-corrected chi connectivity index (χ2v) is 8.05. The van der Waals surface area contributed by atoms with E-state index in [0.717, 1.165) is 25.9 Å². The predicted molar refractivity (Wildman–Crippen MR) is 121 cm³/mol. The van der Waals surface area contributed by atoms with Crippen LogP contribution in [0, 0.1) is 6.92 Å². The number of ether oxygens (including phenoxy) is 1. The van der Waals surface area contributed by atoms with E-state index in [9.17, 15) is 4.79 Å². The van der Waals surface area contributed by atoms with Gasteiger partial charge in [-0.1, -0.05) is 40.2 Å². The molecule has 0 bridgehead atoms. The molecule has 0 fully saturated rings. The number of halogens is 2. The van der Waals surface area contributed by atoms with Crippen LogP contribution in [0.1, 0.15) is 11.1 Å². The first-order chi connectivity index (χ1) is 13.5. The molecule has 6 heteroatoms. The van der Waals surface area contributed by atoms with Crippen LogP contribution in [0.2, 0.25) is 0 Å². The van der Waals surface area contributed by atoms with Crippen LogP contribution in [0.15, 0.2) is 75.7 Å². The van der Waals surface area contributed by atoms with Crippen molar-refractivity contribution in [2.75, 3.05) is 17.2 Å². The number of nitrogens with one attached hydrogen (secondary N) is 2. The highest BCUT2D eigenvalue weighted by atomic mass is 79.9. The monoisotopic (exact) mass is 502 g/mol. The molecule has 0 aliphatic rings. The van der Waals surface area contributed by atoms with Crippen molar-refractivity contribution in [3.05, 3.63) is 86.8 Å². The molecule has 0 aromatic heterocycles. The molecule has 0 unspecified atom stereocenters. The zero-order chi connectivity index (χ0) is 19.9. The maximum Gasteiger partial charge on any atom is 0.262 e. The molecule has 0 spiro atoms. The van der Waals surface area contributed by atoms with Gasteiger partial charge < -0.3 is 15.4 Å². The largest absolute Gasteiger partial charge is 0.483 e. The van der Waals surface area contributed by atoms with Gasteiger partial charge in [0.15, 0.2) is 6.61 Å². The van der Waals surface area contributed by atoms with Crippen LogP contribution >= 0.6 is 31.9 Å². The summed E-state index contributed by atoms with van der Waals surface area (Å²) in [6.07, 6.45) is 0. The third-order valence-electron chi connectivity index (χ3n) is 4.08. The fraction of sp³-hybridized carbons (Fsp3) is 0.136. The lowest BCUT2D eigenvalue weighted by Crippen LogP contribution is -2.20. The zero-order valence-electron chi connectivity index (χ0n) is 15.3. The van der Waals surface area contributed by atoms with E-state index in [1.165, 1.54) is 5.56 Å². The Hall–Kier alpha value is -2.31. The molecule has 0 aliphatic carbocycles. The molecular weight excluding hydrogens is 484 g/mol. The Morgan fingerprint density at radius 3 is 2.50 bits per heavy atom. The second kappa shape index (κ2) is 9.75. The van der Waals surface area contributed by atoms with E-state index >= 15 is 0 Å². The zero-order valence-corrected chi connectivity index (χ0v) is 18.5. The third kappa shape index (κ3) is 5.84. The molecule has 0 atom stereocenters. The van der Waals surface area contributed by atoms with E-state index in [1.807, 2.05) is 54.6 Å². The van der Waals surface area contributed by atoms with E-state index < -0.39 is 0 Å². The molecule has 0 saturated heterocycles.